The number of carbonyl (C=O) groups excluding carboxylic acids is 2. The van der Waals surface area contributed by atoms with Gasteiger partial charge in [0.2, 0.25) is 5.91 Å². The lowest BCUT2D eigenvalue weighted by Gasteiger charge is -2.12. The Labute approximate surface area is 137 Å². The largest absolute Gasteiger partial charge is 0.483 e. The van der Waals surface area contributed by atoms with Crippen LogP contribution in [0.25, 0.3) is 10.8 Å². The maximum atomic E-state index is 11.7. The third-order valence-electron chi connectivity index (χ3n) is 3.12. The molecule has 5 nitrogen and oxygen atoms in total. The summed E-state index contributed by atoms with van der Waals surface area (Å²) in [6.07, 6.45) is 0. The first kappa shape index (κ1) is 16.3. The Kier molecular flexibility index (Phi) is 5.38. The second-order valence-electron chi connectivity index (χ2n) is 4.95. The molecule has 1 N–H and O–H groups in total. The molecule has 0 radical (unpaired) electrons. The number of hydrogen-bond donors (Lipinski definition) is 1. The number of halogens is 1. The van der Waals surface area contributed by atoms with E-state index in [4.69, 9.17) is 4.74 Å². The molecule has 2 aromatic carbocycles. The maximum absolute atomic E-state index is 11.7. The van der Waals surface area contributed by atoms with Crippen LogP contribution in [0, 0.1) is 0 Å². The summed E-state index contributed by atoms with van der Waals surface area (Å²) >= 11 is 3.50. The van der Waals surface area contributed by atoms with Gasteiger partial charge in [-0.25, -0.2) is 0 Å². The Hall–Kier alpha value is -2.08. The predicted molar refractivity (Wildman–Crippen MR) is 88.8 cm³/mol. The minimum atomic E-state index is -0.338. The molecule has 0 fully saturated rings. The highest BCUT2D eigenvalue weighted by Gasteiger charge is 2.10. The van der Waals surface area contributed by atoms with Gasteiger partial charge in [0.1, 0.15) is 5.75 Å². The third-order valence-corrected chi connectivity index (χ3v) is 3.94. The standard InChI is InChI=1S/C16H17BrN2O3/c1-19(2)15(21)9-18-14(20)10-22-13-8-7-11-5-3-4-6-12(11)16(13)17/h3-8H,9-10H2,1-2H3,(H,18,20). The zero-order chi connectivity index (χ0) is 16.1. The number of likely N-dealkylation sites (N-methyl/N-ethyl adjacent to an activating group) is 1. The molecule has 0 aliphatic rings. The zero-order valence-electron chi connectivity index (χ0n) is 12.4. The average molecular weight is 365 g/mol. The van der Waals surface area contributed by atoms with E-state index in [0.717, 1.165) is 15.2 Å². The lowest BCUT2D eigenvalue weighted by Crippen LogP contribution is -2.38. The fourth-order valence-electron chi connectivity index (χ4n) is 1.85. The van der Waals surface area contributed by atoms with E-state index >= 15 is 0 Å². The molecular weight excluding hydrogens is 348 g/mol. The number of rotatable bonds is 5. The van der Waals surface area contributed by atoms with Gasteiger partial charge in [0, 0.05) is 14.1 Å². The average Bonchev–Trinajstić information content (AvgIpc) is 2.52. The van der Waals surface area contributed by atoms with Crippen LogP contribution in [-0.4, -0.2) is 44.0 Å². The Morgan fingerprint density at radius 3 is 2.64 bits per heavy atom. The molecule has 0 bridgehead atoms. The van der Waals surface area contributed by atoms with Gasteiger partial charge in [-0.3, -0.25) is 9.59 Å². The molecule has 2 amide bonds. The van der Waals surface area contributed by atoms with Crippen LogP contribution in [0.1, 0.15) is 0 Å². The van der Waals surface area contributed by atoms with Crippen molar-refractivity contribution in [3.8, 4) is 5.75 Å². The quantitative estimate of drug-likeness (QED) is 0.884. The number of carbonyl (C=O) groups is 2. The molecule has 0 atom stereocenters. The molecule has 0 aromatic heterocycles. The van der Waals surface area contributed by atoms with Crippen LogP contribution in [0.3, 0.4) is 0 Å². The molecular formula is C16H17BrN2O3. The number of amides is 2. The van der Waals surface area contributed by atoms with Crippen molar-refractivity contribution in [3.63, 3.8) is 0 Å². The molecule has 6 heteroatoms. The van der Waals surface area contributed by atoms with Crippen molar-refractivity contribution < 1.29 is 14.3 Å². The molecule has 116 valence electrons. The Balaban J connectivity index is 1.96. The number of fused-ring (bicyclic) bond motifs is 1. The molecule has 22 heavy (non-hydrogen) atoms. The van der Waals surface area contributed by atoms with E-state index in [2.05, 4.69) is 21.2 Å². The van der Waals surface area contributed by atoms with Gasteiger partial charge < -0.3 is 15.0 Å². The number of ether oxygens (including phenoxy) is 1. The van der Waals surface area contributed by atoms with Crippen molar-refractivity contribution in [3.05, 3.63) is 40.9 Å². The van der Waals surface area contributed by atoms with Crippen molar-refractivity contribution in [1.82, 2.24) is 10.2 Å². The summed E-state index contributed by atoms with van der Waals surface area (Å²) in [5.74, 6) is 0.0864. The van der Waals surface area contributed by atoms with Gasteiger partial charge in [-0.1, -0.05) is 30.3 Å². The topological polar surface area (TPSA) is 58.6 Å². The summed E-state index contributed by atoms with van der Waals surface area (Å²) in [6.45, 7) is -0.175. The molecule has 0 heterocycles. The first-order chi connectivity index (χ1) is 10.5. The van der Waals surface area contributed by atoms with Crippen molar-refractivity contribution >= 4 is 38.5 Å². The summed E-state index contributed by atoms with van der Waals surface area (Å²) in [7, 11) is 3.27. The minimum Gasteiger partial charge on any atom is -0.483 e. The Bertz CT molecular complexity index is 701. The lowest BCUT2D eigenvalue weighted by molar-refractivity contribution is -0.131. The third kappa shape index (κ3) is 3.98. The van der Waals surface area contributed by atoms with Crippen molar-refractivity contribution in [2.24, 2.45) is 0 Å². The second kappa shape index (κ2) is 7.26. The van der Waals surface area contributed by atoms with Crippen LogP contribution in [0.2, 0.25) is 0 Å². The van der Waals surface area contributed by atoms with Gasteiger partial charge in [0.05, 0.1) is 11.0 Å². The number of nitrogens with one attached hydrogen (secondary N) is 1. The fraction of sp³-hybridized carbons (Fsp3) is 0.250. The highest BCUT2D eigenvalue weighted by atomic mass is 79.9. The van der Waals surface area contributed by atoms with Gasteiger partial charge in [0.25, 0.3) is 5.91 Å². The van der Waals surface area contributed by atoms with E-state index in [1.165, 1.54) is 4.90 Å². The zero-order valence-corrected chi connectivity index (χ0v) is 14.0. The SMILES string of the molecule is CN(C)C(=O)CNC(=O)COc1ccc2ccccc2c1Br. The smallest absolute Gasteiger partial charge is 0.258 e. The number of hydrogen-bond acceptors (Lipinski definition) is 3. The lowest BCUT2D eigenvalue weighted by atomic mass is 10.1. The van der Waals surface area contributed by atoms with E-state index in [9.17, 15) is 9.59 Å². The van der Waals surface area contributed by atoms with Crippen molar-refractivity contribution in [1.29, 1.82) is 0 Å². The fourth-order valence-corrected chi connectivity index (χ4v) is 2.46. The van der Waals surface area contributed by atoms with E-state index in [1.54, 1.807) is 14.1 Å². The molecule has 0 saturated heterocycles. The molecule has 0 saturated carbocycles. The molecule has 0 spiro atoms. The van der Waals surface area contributed by atoms with Crippen LogP contribution in [0.4, 0.5) is 0 Å². The Morgan fingerprint density at radius 1 is 1.18 bits per heavy atom. The highest BCUT2D eigenvalue weighted by molar-refractivity contribution is 9.10. The summed E-state index contributed by atoms with van der Waals surface area (Å²) in [5.41, 5.74) is 0. The molecule has 0 aliphatic heterocycles. The minimum absolute atomic E-state index is 0.0336. The van der Waals surface area contributed by atoms with Gasteiger partial charge in [0.15, 0.2) is 6.61 Å². The molecule has 0 aliphatic carbocycles. The summed E-state index contributed by atoms with van der Waals surface area (Å²) < 4.78 is 6.32. The van der Waals surface area contributed by atoms with Gasteiger partial charge in [-0.2, -0.15) is 0 Å². The number of nitrogens with zero attached hydrogens (tertiary/aromatic N) is 1. The summed E-state index contributed by atoms with van der Waals surface area (Å²) in [5, 5.41) is 4.62. The van der Waals surface area contributed by atoms with Gasteiger partial charge in [-0.15, -0.1) is 0 Å². The monoisotopic (exact) mass is 364 g/mol. The first-order valence-corrected chi connectivity index (χ1v) is 7.55. The second-order valence-corrected chi connectivity index (χ2v) is 5.75. The maximum Gasteiger partial charge on any atom is 0.258 e. The van der Waals surface area contributed by atoms with Crippen molar-refractivity contribution in [2.45, 2.75) is 0 Å². The van der Waals surface area contributed by atoms with Crippen LogP contribution < -0.4 is 10.1 Å². The van der Waals surface area contributed by atoms with Crippen molar-refractivity contribution in [2.75, 3.05) is 27.2 Å². The first-order valence-electron chi connectivity index (χ1n) is 6.76. The summed E-state index contributed by atoms with van der Waals surface area (Å²) in [6, 6.07) is 11.6. The van der Waals surface area contributed by atoms with Crippen LogP contribution in [0.5, 0.6) is 5.75 Å². The van der Waals surface area contributed by atoms with E-state index < -0.39 is 0 Å². The summed E-state index contributed by atoms with van der Waals surface area (Å²) in [4.78, 5) is 24.5. The van der Waals surface area contributed by atoms with E-state index in [0.29, 0.717) is 5.75 Å². The van der Waals surface area contributed by atoms with Gasteiger partial charge in [-0.05, 0) is 32.8 Å². The highest BCUT2D eigenvalue weighted by Crippen LogP contribution is 2.32. The van der Waals surface area contributed by atoms with Crippen LogP contribution >= 0.6 is 15.9 Å². The normalized spacial score (nSPS) is 10.3. The van der Waals surface area contributed by atoms with Crippen LogP contribution in [0.15, 0.2) is 40.9 Å². The molecule has 0 unspecified atom stereocenters. The van der Waals surface area contributed by atoms with Crippen LogP contribution in [-0.2, 0) is 9.59 Å². The van der Waals surface area contributed by atoms with E-state index in [-0.39, 0.29) is 25.0 Å². The predicted octanol–water partition coefficient (Wildman–Crippen LogP) is 2.19. The number of benzene rings is 2. The Morgan fingerprint density at radius 2 is 1.91 bits per heavy atom. The van der Waals surface area contributed by atoms with E-state index in [1.807, 2.05) is 36.4 Å². The molecule has 2 rings (SSSR count). The van der Waals surface area contributed by atoms with Gasteiger partial charge >= 0.3 is 0 Å². The molecule has 2 aromatic rings.